The second-order valence-corrected chi connectivity index (χ2v) is 7.49. The second-order valence-electron chi connectivity index (χ2n) is 6.28. The molecule has 0 unspecified atom stereocenters. The molecule has 5 heteroatoms. The number of thiazole rings is 1. The Morgan fingerprint density at radius 3 is 2.64 bits per heavy atom. The molecule has 4 rings (SSSR count). The number of aromatic nitrogens is 1. The Labute approximate surface area is 134 Å². The van der Waals surface area contributed by atoms with E-state index in [4.69, 9.17) is 4.42 Å². The summed E-state index contributed by atoms with van der Waals surface area (Å²) in [5.74, 6) is 0.868. The number of carbonyl (C=O) groups excluding carboxylic acids is 1. The molecule has 0 N–H and O–H groups in total. The maximum atomic E-state index is 13.1. The summed E-state index contributed by atoms with van der Waals surface area (Å²) in [5, 5.41) is 0.799. The van der Waals surface area contributed by atoms with Crippen LogP contribution >= 0.6 is 11.3 Å². The van der Waals surface area contributed by atoms with Gasteiger partial charge in [0, 0.05) is 17.0 Å². The third-order valence-corrected chi connectivity index (χ3v) is 5.61. The molecule has 0 aliphatic heterocycles. The van der Waals surface area contributed by atoms with Gasteiger partial charge in [0.2, 0.25) is 0 Å². The normalized spacial score (nSPS) is 18.8. The monoisotopic (exact) mass is 316 g/mol. The predicted octanol–water partition coefficient (Wildman–Crippen LogP) is 4.26. The highest BCUT2D eigenvalue weighted by molar-refractivity contribution is 7.15. The average Bonchev–Trinajstić information content (AvgIpc) is 2.97. The molecule has 0 bridgehead atoms. The van der Waals surface area contributed by atoms with E-state index < -0.39 is 0 Å². The van der Waals surface area contributed by atoms with Crippen molar-refractivity contribution in [3.8, 4) is 10.8 Å². The number of carbonyl (C=O) groups is 1. The zero-order valence-corrected chi connectivity index (χ0v) is 13.6. The second kappa shape index (κ2) is 5.54. The topological polar surface area (TPSA) is 46.3 Å². The molecule has 0 radical (unpaired) electrons. The van der Waals surface area contributed by atoms with E-state index >= 15 is 0 Å². The van der Waals surface area contributed by atoms with Crippen molar-refractivity contribution in [3.63, 3.8) is 0 Å². The first-order chi connectivity index (χ1) is 10.7. The van der Waals surface area contributed by atoms with Gasteiger partial charge < -0.3 is 9.32 Å². The van der Waals surface area contributed by atoms with Gasteiger partial charge in [-0.25, -0.2) is 4.98 Å². The number of furan rings is 1. The molecule has 2 aromatic heterocycles. The Morgan fingerprint density at radius 1 is 1.27 bits per heavy atom. The summed E-state index contributed by atoms with van der Waals surface area (Å²) >= 11 is 1.54. The van der Waals surface area contributed by atoms with Crippen LogP contribution in [0.25, 0.3) is 10.8 Å². The summed E-state index contributed by atoms with van der Waals surface area (Å²) in [5.41, 5.74) is 0.621. The molecule has 116 valence electrons. The predicted molar refractivity (Wildman–Crippen MR) is 86.0 cm³/mol. The van der Waals surface area contributed by atoms with Gasteiger partial charge in [0.15, 0.2) is 10.8 Å². The van der Waals surface area contributed by atoms with Crippen molar-refractivity contribution in [2.75, 3.05) is 0 Å². The van der Waals surface area contributed by atoms with Gasteiger partial charge in [-0.15, -0.1) is 11.3 Å². The molecule has 0 spiro atoms. The van der Waals surface area contributed by atoms with Gasteiger partial charge >= 0.3 is 0 Å². The first kappa shape index (κ1) is 14.0. The largest absolute Gasteiger partial charge is 0.462 e. The van der Waals surface area contributed by atoms with E-state index in [0.29, 0.717) is 17.8 Å². The van der Waals surface area contributed by atoms with Crippen LogP contribution in [0.5, 0.6) is 0 Å². The lowest BCUT2D eigenvalue weighted by Crippen LogP contribution is -2.41. The molecular weight excluding hydrogens is 296 g/mol. The molecule has 1 amide bonds. The number of rotatable bonds is 4. The molecule has 2 aliphatic rings. The van der Waals surface area contributed by atoms with Crippen LogP contribution in [0, 0.1) is 6.92 Å². The van der Waals surface area contributed by atoms with E-state index in [1.54, 1.807) is 17.6 Å². The van der Waals surface area contributed by atoms with Crippen LogP contribution < -0.4 is 0 Å². The lowest BCUT2D eigenvalue weighted by molar-refractivity contribution is 0.0658. The highest BCUT2D eigenvalue weighted by Crippen LogP contribution is 2.37. The fourth-order valence-electron chi connectivity index (χ4n) is 3.39. The molecule has 0 aromatic carbocycles. The molecular formula is C17H20N2O2S. The minimum absolute atomic E-state index is 0.126. The number of amides is 1. The summed E-state index contributed by atoms with van der Waals surface area (Å²) in [6.07, 6.45) is 8.73. The number of nitrogens with zero attached hydrogens (tertiary/aromatic N) is 2. The lowest BCUT2D eigenvalue weighted by atomic mass is 10.2. The highest BCUT2D eigenvalue weighted by atomic mass is 32.1. The first-order valence-electron chi connectivity index (χ1n) is 8.08. The van der Waals surface area contributed by atoms with Crippen molar-refractivity contribution in [1.82, 2.24) is 9.88 Å². The first-order valence-corrected chi connectivity index (χ1v) is 8.89. The van der Waals surface area contributed by atoms with Crippen LogP contribution in [-0.4, -0.2) is 27.9 Å². The van der Waals surface area contributed by atoms with E-state index in [-0.39, 0.29) is 5.91 Å². The summed E-state index contributed by atoms with van der Waals surface area (Å²) < 4.78 is 5.41. The SMILES string of the molecule is Cc1sc(-c2ccco2)nc1C(=O)N(C1CCCC1)C1CC1. The minimum Gasteiger partial charge on any atom is -0.462 e. The molecule has 2 fully saturated rings. The third kappa shape index (κ3) is 2.47. The molecule has 22 heavy (non-hydrogen) atoms. The Bertz CT molecular complexity index is 667. The summed E-state index contributed by atoms with van der Waals surface area (Å²) in [4.78, 5) is 20.8. The van der Waals surface area contributed by atoms with Crippen molar-refractivity contribution in [1.29, 1.82) is 0 Å². The van der Waals surface area contributed by atoms with Crippen LogP contribution in [0.15, 0.2) is 22.8 Å². The van der Waals surface area contributed by atoms with Crippen molar-refractivity contribution in [2.45, 2.75) is 57.5 Å². The fourth-order valence-corrected chi connectivity index (χ4v) is 4.26. The minimum atomic E-state index is 0.126. The third-order valence-electron chi connectivity index (χ3n) is 4.62. The lowest BCUT2D eigenvalue weighted by Gasteiger charge is -2.28. The van der Waals surface area contributed by atoms with Crippen LogP contribution in [0.3, 0.4) is 0 Å². The van der Waals surface area contributed by atoms with E-state index in [0.717, 1.165) is 41.3 Å². The van der Waals surface area contributed by atoms with E-state index in [9.17, 15) is 4.79 Å². The van der Waals surface area contributed by atoms with E-state index in [1.807, 2.05) is 19.1 Å². The Balaban J connectivity index is 1.63. The van der Waals surface area contributed by atoms with Gasteiger partial charge in [0.25, 0.3) is 5.91 Å². The molecule has 2 aliphatic carbocycles. The number of hydrogen-bond donors (Lipinski definition) is 0. The molecule has 0 atom stereocenters. The maximum Gasteiger partial charge on any atom is 0.274 e. The molecule has 2 aromatic rings. The molecule has 2 saturated carbocycles. The van der Waals surface area contributed by atoms with Gasteiger partial charge in [0.05, 0.1) is 6.26 Å². The smallest absolute Gasteiger partial charge is 0.274 e. The van der Waals surface area contributed by atoms with Crippen LogP contribution in [0.1, 0.15) is 53.9 Å². The van der Waals surface area contributed by atoms with Gasteiger partial charge in [-0.2, -0.15) is 0 Å². The van der Waals surface area contributed by atoms with Crippen LogP contribution in [-0.2, 0) is 0 Å². The van der Waals surface area contributed by atoms with Crippen LogP contribution in [0.2, 0.25) is 0 Å². The summed E-state index contributed by atoms with van der Waals surface area (Å²) in [6.45, 7) is 1.98. The number of hydrogen-bond acceptors (Lipinski definition) is 4. The van der Waals surface area contributed by atoms with Crippen molar-refractivity contribution in [3.05, 3.63) is 29.0 Å². The standard InChI is InChI=1S/C17H20N2O2S/c1-11-15(18-16(22-11)14-7-4-10-21-14)17(20)19(13-8-9-13)12-5-2-3-6-12/h4,7,10,12-13H,2-3,5-6,8-9H2,1H3. The summed E-state index contributed by atoms with van der Waals surface area (Å²) in [7, 11) is 0. The Hall–Kier alpha value is -1.62. The van der Waals surface area contributed by atoms with Gasteiger partial charge in [-0.3, -0.25) is 4.79 Å². The van der Waals surface area contributed by atoms with Gasteiger partial charge in [0.1, 0.15) is 5.69 Å². The summed E-state index contributed by atoms with van der Waals surface area (Å²) in [6, 6.07) is 4.61. The highest BCUT2D eigenvalue weighted by Gasteiger charge is 2.40. The van der Waals surface area contributed by atoms with Crippen molar-refractivity contribution in [2.24, 2.45) is 0 Å². The Morgan fingerprint density at radius 2 is 2.00 bits per heavy atom. The molecule has 0 saturated heterocycles. The zero-order valence-electron chi connectivity index (χ0n) is 12.7. The maximum absolute atomic E-state index is 13.1. The van der Waals surface area contributed by atoms with Gasteiger partial charge in [-0.1, -0.05) is 12.8 Å². The average molecular weight is 316 g/mol. The van der Waals surface area contributed by atoms with E-state index in [2.05, 4.69) is 9.88 Å². The van der Waals surface area contributed by atoms with Crippen molar-refractivity contribution >= 4 is 17.2 Å². The van der Waals surface area contributed by atoms with E-state index in [1.165, 1.54) is 12.8 Å². The quantitative estimate of drug-likeness (QED) is 0.846. The number of aryl methyl sites for hydroxylation is 1. The zero-order chi connectivity index (χ0) is 15.1. The van der Waals surface area contributed by atoms with Crippen LogP contribution in [0.4, 0.5) is 0 Å². The van der Waals surface area contributed by atoms with Crippen molar-refractivity contribution < 1.29 is 9.21 Å². The van der Waals surface area contributed by atoms with Gasteiger partial charge in [-0.05, 0) is 44.7 Å². The molecule has 2 heterocycles. The Kier molecular flexibility index (Phi) is 3.53. The molecule has 4 nitrogen and oxygen atoms in total. The fraction of sp³-hybridized carbons (Fsp3) is 0.529.